The Bertz CT molecular complexity index is 868. The van der Waals surface area contributed by atoms with Crippen molar-refractivity contribution < 1.29 is 0 Å². The summed E-state index contributed by atoms with van der Waals surface area (Å²) in [5.41, 5.74) is 9.98. The highest BCUT2D eigenvalue weighted by Crippen LogP contribution is 2.21. The molecule has 0 bridgehead atoms. The number of nitrogens with two attached hydrogens (primary N) is 1. The number of likely N-dealkylation sites (tertiary alicyclic amines) is 1. The molecule has 0 spiro atoms. The molecule has 7 heteroatoms. The van der Waals surface area contributed by atoms with Crippen LogP contribution in [0.25, 0.3) is 5.69 Å². The fraction of sp³-hybridized carbons (Fsp3) is 0.450. The smallest absolute Gasteiger partial charge is 0.0962 e. The fourth-order valence-electron chi connectivity index (χ4n) is 3.83. The Morgan fingerprint density at radius 1 is 1.19 bits per heavy atom. The lowest BCUT2D eigenvalue weighted by molar-refractivity contribution is 0.152. The van der Waals surface area contributed by atoms with Gasteiger partial charge in [0.25, 0.3) is 0 Å². The van der Waals surface area contributed by atoms with E-state index in [-0.39, 0.29) is 0 Å². The second-order valence-electron chi connectivity index (χ2n) is 7.40. The van der Waals surface area contributed by atoms with Crippen molar-refractivity contribution in [3.05, 3.63) is 59.7 Å². The number of hydrogen-bond acceptors (Lipinski definition) is 5. The zero-order valence-electron chi connectivity index (χ0n) is 15.8. The van der Waals surface area contributed by atoms with Crippen LogP contribution in [0.15, 0.2) is 42.7 Å². The average molecular weight is 365 g/mol. The third-order valence-corrected chi connectivity index (χ3v) is 5.26. The summed E-state index contributed by atoms with van der Waals surface area (Å²) in [6.07, 6.45) is 6.58. The number of para-hydroxylation sites is 1. The molecule has 1 aliphatic rings. The first kappa shape index (κ1) is 17.9. The van der Waals surface area contributed by atoms with E-state index in [4.69, 9.17) is 10.8 Å². The summed E-state index contributed by atoms with van der Waals surface area (Å²) >= 11 is 0. The third kappa shape index (κ3) is 4.26. The van der Waals surface area contributed by atoms with E-state index in [1.54, 1.807) is 0 Å². The van der Waals surface area contributed by atoms with Crippen molar-refractivity contribution in [2.75, 3.05) is 13.1 Å². The molecule has 142 valence electrons. The fourth-order valence-corrected chi connectivity index (χ4v) is 3.83. The largest absolute Gasteiger partial charge is 0.325 e. The lowest BCUT2D eigenvalue weighted by Crippen LogP contribution is -2.36. The number of hydrogen-bond donors (Lipinski definition) is 1. The van der Waals surface area contributed by atoms with Crippen molar-refractivity contribution in [1.29, 1.82) is 0 Å². The van der Waals surface area contributed by atoms with Gasteiger partial charge in [0.2, 0.25) is 0 Å². The van der Waals surface area contributed by atoms with Gasteiger partial charge in [-0.2, -0.15) is 5.10 Å². The summed E-state index contributed by atoms with van der Waals surface area (Å²) in [6, 6.07) is 10.3. The van der Waals surface area contributed by atoms with Gasteiger partial charge in [-0.05, 0) is 44.4 Å². The average Bonchev–Trinajstić information content (AvgIpc) is 3.29. The van der Waals surface area contributed by atoms with Crippen LogP contribution in [-0.2, 0) is 19.6 Å². The molecule has 0 radical (unpaired) electrons. The predicted molar refractivity (Wildman–Crippen MR) is 104 cm³/mol. The Morgan fingerprint density at radius 3 is 2.81 bits per heavy atom. The van der Waals surface area contributed by atoms with E-state index in [0.29, 0.717) is 12.5 Å². The first-order chi connectivity index (χ1) is 13.2. The minimum absolute atomic E-state index is 0.446. The Kier molecular flexibility index (Phi) is 5.31. The number of rotatable bonds is 6. The van der Waals surface area contributed by atoms with Crippen molar-refractivity contribution in [2.24, 2.45) is 11.7 Å². The van der Waals surface area contributed by atoms with Crippen molar-refractivity contribution in [1.82, 2.24) is 29.7 Å². The number of aryl methyl sites for hydroxylation is 1. The summed E-state index contributed by atoms with van der Waals surface area (Å²) in [7, 11) is 0. The van der Waals surface area contributed by atoms with Gasteiger partial charge in [-0.25, -0.2) is 4.68 Å². The molecule has 3 heterocycles. The molecule has 1 atom stereocenters. The first-order valence-corrected chi connectivity index (χ1v) is 9.63. The molecular weight excluding hydrogens is 338 g/mol. The lowest BCUT2D eigenvalue weighted by atomic mass is 9.97. The first-order valence-electron chi connectivity index (χ1n) is 9.63. The molecule has 7 nitrogen and oxygen atoms in total. The molecule has 3 aromatic rings. The van der Waals surface area contributed by atoms with Crippen LogP contribution in [0.3, 0.4) is 0 Å². The highest BCUT2D eigenvalue weighted by Gasteiger charge is 2.22. The Labute approximate surface area is 159 Å². The molecule has 1 aromatic carbocycles. The van der Waals surface area contributed by atoms with Crippen LogP contribution in [0.2, 0.25) is 0 Å². The van der Waals surface area contributed by atoms with Crippen LogP contribution in [0, 0.1) is 12.8 Å². The predicted octanol–water partition coefficient (Wildman–Crippen LogP) is 2.14. The maximum absolute atomic E-state index is 5.63. The van der Waals surface area contributed by atoms with Gasteiger partial charge < -0.3 is 5.73 Å². The van der Waals surface area contributed by atoms with Crippen molar-refractivity contribution >= 4 is 0 Å². The zero-order valence-corrected chi connectivity index (χ0v) is 15.8. The summed E-state index contributed by atoms with van der Waals surface area (Å²) in [4.78, 5) is 2.54. The van der Waals surface area contributed by atoms with Crippen LogP contribution in [0.5, 0.6) is 0 Å². The molecule has 4 rings (SSSR count). The van der Waals surface area contributed by atoms with E-state index < -0.39 is 0 Å². The Balaban J connectivity index is 1.40. The van der Waals surface area contributed by atoms with Gasteiger partial charge in [0, 0.05) is 44.1 Å². The van der Waals surface area contributed by atoms with Gasteiger partial charge in [0.15, 0.2) is 0 Å². The lowest BCUT2D eigenvalue weighted by Gasteiger charge is -2.32. The van der Waals surface area contributed by atoms with Crippen LogP contribution >= 0.6 is 0 Å². The maximum Gasteiger partial charge on any atom is 0.0962 e. The molecule has 2 aromatic heterocycles. The Morgan fingerprint density at radius 2 is 2.04 bits per heavy atom. The minimum atomic E-state index is 0.446. The molecule has 2 N–H and O–H groups in total. The molecule has 0 saturated carbocycles. The zero-order chi connectivity index (χ0) is 18.6. The quantitative estimate of drug-likeness (QED) is 0.724. The van der Waals surface area contributed by atoms with Gasteiger partial charge >= 0.3 is 0 Å². The highest BCUT2D eigenvalue weighted by molar-refractivity contribution is 5.32. The maximum atomic E-state index is 5.63. The van der Waals surface area contributed by atoms with E-state index >= 15 is 0 Å². The number of benzene rings is 1. The van der Waals surface area contributed by atoms with Crippen molar-refractivity contribution in [3.8, 4) is 5.69 Å². The van der Waals surface area contributed by atoms with Crippen molar-refractivity contribution in [3.63, 3.8) is 0 Å². The molecule has 27 heavy (non-hydrogen) atoms. The number of aromatic nitrogens is 5. The minimum Gasteiger partial charge on any atom is -0.325 e. The third-order valence-electron chi connectivity index (χ3n) is 5.26. The van der Waals surface area contributed by atoms with Gasteiger partial charge in [-0.1, -0.05) is 23.4 Å². The van der Waals surface area contributed by atoms with E-state index in [1.165, 1.54) is 18.4 Å². The number of piperidine rings is 1. The standard InChI is InChI=1S/C20H27N7/c1-16-18(14-27(23-16)20-7-3-2-4-8-20)13-25-9-5-6-17(11-25)12-26-15-19(10-21)22-24-26/h2-4,7-8,14-15,17H,5-6,9-13,21H2,1H3/t17-/m0/s1. The van der Waals surface area contributed by atoms with E-state index in [1.807, 2.05) is 33.8 Å². The summed E-state index contributed by atoms with van der Waals surface area (Å²) in [5, 5.41) is 13.0. The van der Waals surface area contributed by atoms with Crippen LogP contribution in [0.4, 0.5) is 0 Å². The monoisotopic (exact) mass is 365 g/mol. The topological polar surface area (TPSA) is 77.8 Å². The number of nitrogens with zero attached hydrogens (tertiary/aromatic N) is 6. The molecular formula is C20H27N7. The van der Waals surface area contributed by atoms with E-state index in [0.717, 1.165) is 43.3 Å². The summed E-state index contributed by atoms with van der Waals surface area (Å²) in [5.74, 6) is 0.593. The van der Waals surface area contributed by atoms with Gasteiger partial charge in [0.1, 0.15) is 0 Å². The Hall–Kier alpha value is -2.51. The van der Waals surface area contributed by atoms with Gasteiger partial charge in [-0.15, -0.1) is 5.10 Å². The van der Waals surface area contributed by atoms with Gasteiger partial charge in [0.05, 0.1) is 17.1 Å². The van der Waals surface area contributed by atoms with Crippen LogP contribution in [-0.4, -0.2) is 42.8 Å². The van der Waals surface area contributed by atoms with Gasteiger partial charge in [-0.3, -0.25) is 9.58 Å². The van der Waals surface area contributed by atoms with Crippen molar-refractivity contribution in [2.45, 2.75) is 39.4 Å². The van der Waals surface area contributed by atoms with Crippen LogP contribution in [0.1, 0.15) is 29.8 Å². The SMILES string of the molecule is Cc1nn(-c2ccccc2)cc1CN1CCC[C@H](Cn2cc(CN)nn2)C1. The highest BCUT2D eigenvalue weighted by atomic mass is 15.4. The van der Waals surface area contributed by atoms with Crippen LogP contribution < -0.4 is 5.73 Å². The molecule has 0 amide bonds. The van der Waals surface area contributed by atoms with E-state index in [2.05, 4.69) is 40.5 Å². The second-order valence-corrected chi connectivity index (χ2v) is 7.40. The summed E-state index contributed by atoms with van der Waals surface area (Å²) < 4.78 is 3.92. The summed E-state index contributed by atoms with van der Waals surface area (Å²) in [6.45, 7) is 6.61. The van der Waals surface area contributed by atoms with E-state index in [9.17, 15) is 0 Å². The normalized spacial score (nSPS) is 18.1. The molecule has 1 saturated heterocycles. The molecule has 1 aliphatic heterocycles. The second kappa shape index (κ2) is 8.02. The molecule has 0 aliphatic carbocycles. The molecule has 1 fully saturated rings. The molecule has 0 unspecified atom stereocenters.